The highest BCUT2D eigenvalue weighted by atomic mass is 16.5. The summed E-state index contributed by atoms with van der Waals surface area (Å²) in [6.07, 6.45) is 10.6. The molecule has 0 bridgehead atoms. The Balaban J connectivity index is 1.34. The number of nitrogens with zero attached hydrogens (tertiary/aromatic N) is 4. The van der Waals surface area contributed by atoms with Gasteiger partial charge < -0.3 is 50.3 Å². The van der Waals surface area contributed by atoms with E-state index in [0.29, 0.717) is 65.0 Å². The number of likely N-dealkylation sites (N-methyl/N-ethyl adjacent to an activating group) is 2. The van der Waals surface area contributed by atoms with Crippen LogP contribution in [0.3, 0.4) is 0 Å². The van der Waals surface area contributed by atoms with Gasteiger partial charge in [0, 0.05) is 64.2 Å². The van der Waals surface area contributed by atoms with E-state index < -0.39 is 35.0 Å². The van der Waals surface area contributed by atoms with Gasteiger partial charge in [-0.15, -0.1) is 0 Å². The van der Waals surface area contributed by atoms with Crippen molar-refractivity contribution in [3.63, 3.8) is 0 Å². The minimum absolute atomic E-state index is 0.0752. The van der Waals surface area contributed by atoms with Crippen molar-refractivity contribution in [2.75, 3.05) is 67.6 Å². The lowest BCUT2D eigenvalue weighted by Gasteiger charge is -2.37. The van der Waals surface area contributed by atoms with Crippen LogP contribution in [0.4, 0.5) is 0 Å². The number of carbonyl (C=O) groups is 6. The Labute approximate surface area is 444 Å². The summed E-state index contributed by atoms with van der Waals surface area (Å²) in [5.74, 6) is 1.03. The van der Waals surface area contributed by atoms with E-state index in [1.54, 1.807) is 42.2 Å². The van der Waals surface area contributed by atoms with Gasteiger partial charge >= 0.3 is 0 Å². The predicted molar refractivity (Wildman–Crippen MR) is 293 cm³/mol. The second kappa shape index (κ2) is 29.8. The van der Waals surface area contributed by atoms with Gasteiger partial charge in [-0.3, -0.25) is 28.8 Å². The van der Waals surface area contributed by atoms with E-state index in [0.717, 1.165) is 86.8 Å². The molecule has 16 nitrogen and oxygen atoms in total. The molecule has 2 aliphatic heterocycles. The second-order valence-electron chi connectivity index (χ2n) is 22.8. The molecular formula is C58H94N8O8. The zero-order chi connectivity index (χ0) is 54.6. The topological polar surface area (TPSA) is 182 Å². The third-order valence-electron chi connectivity index (χ3n) is 15.0. The molecule has 0 spiro atoms. The summed E-state index contributed by atoms with van der Waals surface area (Å²) in [6, 6.07) is 13.2. The highest BCUT2D eigenvalue weighted by molar-refractivity contribution is 5.91. The molecule has 4 N–H and O–H groups in total. The molecule has 2 aliphatic rings. The molecule has 16 heteroatoms. The van der Waals surface area contributed by atoms with Crippen LogP contribution in [0, 0.1) is 10.8 Å². The number of benzene rings is 2. The van der Waals surface area contributed by atoms with E-state index in [2.05, 4.69) is 21.3 Å². The highest BCUT2D eigenvalue weighted by Gasteiger charge is 2.42. The highest BCUT2D eigenvalue weighted by Crippen LogP contribution is 2.29. The molecule has 2 saturated heterocycles. The average Bonchev–Trinajstić information content (AvgIpc) is 4.06. The van der Waals surface area contributed by atoms with Crippen LogP contribution >= 0.6 is 0 Å². The molecule has 2 aromatic rings. The zero-order valence-electron chi connectivity index (χ0n) is 47.3. The number of unbranched alkanes of at least 4 members (excludes halogenated alkanes) is 5. The molecule has 2 aromatic carbocycles. The number of carbonyl (C=O) groups excluding carboxylic acids is 6. The molecule has 2 heterocycles. The Morgan fingerprint density at radius 3 is 1.22 bits per heavy atom. The second-order valence-corrected chi connectivity index (χ2v) is 22.8. The lowest BCUT2D eigenvalue weighted by Crippen LogP contribution is -2.59. The molecule has 6 atom stereocenters. The van der Waals surface area contributed by atoms with Gasteiger partial charge in [-0.05, 0) is 126 Å². The summed E-state index contributed by atoms with van der Waals surface area (Å²) in [4.78, 5) is 90.4. The fourth-order valence-electron chi connectivity index (χ4n) is 9.89. The number of nitrogens with one attached hydrogen (secondary N) is 4. The summed E-state index contributed by atoms with van der Waals surface area (Å²) in [5.41, 5.74) is 1.16. The Hall–Kier alpha value is -5.22. The molecule has 0 aromatic heterocycles. The number of amides is 6. The molecule has 0 aliphatic carbocycles. The molecule has 0 saturated carbocycles. The van der Waals surface area contributed by atoms with Crippen molar-refractivity contribution in [1.29, 1.82) is 0 Å². The monoisotopic (exact) mass is 1030 g/mol. The first kappa shape index (κ1) is 61.3. The van der Waals surface area contributed by atoms with Crippen molar-refractivity contribution in [2.45, 2.75) is 182 Å². The van der Waals surface area contributed by atoms with Crippen LogP contribution in [0.2, 0.25) is 0 Å². The predicted octanol–water partition coefficient (Wildman–Crippen LogP) is 6.53. The number of hydrogen-bond donors (Lipinski definition) is 4. The van der Waals surface area contributed by atoms with Crippen molar-refractivity contribution in [1.82, 2.24) is 40.9 Å². The normalized spacial score (nSPS) is 17.5. The quantitative estimate of drug-likeness (QED) is 0.0655. The maximum Gasteiger partial charge on any atom is 0.246 e. The van der Waals surface area contributed by atoms with Gasteiger partial charge in [0.2, 0.25) is 35.4 Å². The minimum atomic E-state index is -0.709. The standard InChI is InChI=1S/C58H94N8O8/c1-41(59-9)53(69)61-51(57(3,4)5)55(71)65-35-19-21-45(65)39-63(37-33-43-25-29-47(73-11)30-26-43)49(67)23-17-15-13-14-16-18-24-50(68)64(38-34-44-27-31-48(74-12)32-28-44)40-46-22-20-36-66(46)56(72)52(58(6,7)8)62-54(70)42(2)60-10/h25-32,41-42,45-46,51-52,59-60H,13-24,33-40H2,1-12H3,(H,61,69)(H,62,70)/t41-,42-,45-,46+,51+,52+/m0/s1. The molecule has 2 fully saturated rings. The first-order valence-corrected chi connectivity index (χ1v) is 27.5. The van der Waals surface area contributed by atoms with Crippen molar-refractivity contribution < 1.29 is 38.2 Å². The number of methoxy groups -OCH3 is 2. The van der Waals surface area contributed by atoms with Crippen LogP contribution in [0.1, 0.15) is 144 Å². The number of ether oxygens (including phenoxy) is 2. The molecule has 4 rings (SSSR count). The summed E-state index contributed by atoms with van der Waals surface area (Å²) in [6.45, 7) is 18.4. The number of likely N-dealkylation sites (tertiary alicyclic amines) is 2. The fourth-order valence-corrected chi connectivity index (χ4v) is 9.89. The summed E-state index contributed by atoms with van der Waals surface area (Å²) >= 11 is 0. The first-order chi connectivity index (χ1) is 35.1. The summed E-state index contributed by atoms with van der Waals surface area (Å²) in [5, 5.41) is 12.0. The Morgan fingerprint density at radius 2 is 0.905 bits per heavy atom. The van der Waals surface area contributed by atoms with Crippen molar-refractivity contribution in [3.8, 4) is 11.5 Å². The largest absolute Gasteiger partial charge is 0.497 e. The number of rotatable bonds is 29. The number of hydrogen-bond acceptors (Lipinski definition) is 10. The van der Waals surface area contributed by atoms with Crippen LogP contribution in [-0.4, -0.2) is 159 Å². The lowest BCUT2D eigenvalue weighted by atomic mass is 9.85. The van der Waals surface area contributed by atoms with Crippen LogP contribution in [0.5, 0.6) is 11.5 Å². The van der Waals surface area contributed by atoms with E-state index in [-0.39, 0.29) is 47.5 Å². The van der Waals surface area contributed by atoms with Crippen LogP contribution in [-0.2, 0) is 41.6 Å². The smallest absolute Gasteiger partial charge is 0.246 e. The van der Waals surface area contributed by atoms with E-state index in [1.807, 2.05) is 110 Å². The van der Waals surface area contributed by atoms with Gasteiger partial charge in [-0.1, -0.05) is 91.5 Å². The molecule has 6 amide bonds. The van der Waals surface area contributed by atoms with Crippen molar-refractivity contribution >= 4 is 35.4 Å². The molecule has 414 valence electrons. The average molecular weight is 1030 g/mol. The Kier molecular flexibility index (Phi) is 24.7. The van der Waals surface area contributed by atoms with E-state index >= 15 is 0 Å². The van der Waals surface area contributed by atoms with Crippen molar-refractivity contribution in [2.24, 2.45) is 10.8 Å². The minimum Gasteiger partial charge on any atom is -0.497 e. The van der Waals surface area contributed by atoms with Gasteiger partial charge in [-0.2, -0.15) is 0 Å². The molecular weight excluding hydrogens is 937 g/mol. The van der Waals surface area contributed by atoms with E-state index in [4.69, 9.17) is 9.47 Å². The van der Waals surface area contributed by atoms with Gasteiger partial charge in [0.1, 0.15) is 23.6 Å². The first-order valence-electron chi connectivity index (χ1n) is 27.5. The maximum absolute atomic E-state index is 14.3. The Bertz CT molecular complexity index is 1940. The van der Waals surface area contributed by atoms with Crippen LogP contribution in [0.25, 0.3) is 0 Å². The van der Waals surface area contributed by atoms with E-state index in [1.165, 1.54) is 0 Å². The summed E-state index contributed by atoms with van der Waals surface area (Å²) in [7, 11) is 6.72. The molecule has 0 radical (unpaired) electrons. The molecule has 74 heavy (non-hydrogen) atoms. The lowest BCUT2D eigenvalue weighted by molar-refractivity contribution is -0.142. The van der Waals surface area contributed by atoms with Gasteiger partial charge in [0.25, 0.3) is 0 Å². The third-order valence-corrected chi connectivity index (χ3v) is 15.0. The molecule has 0 unspecified atom stereocenters. The van der Waals surface area contributed by atoms with Crippen LogP contribution < -0.4 is 30.7 Å². The SMILES string of the molecule is CN[C@@H](C)C(=O)N[C@H](C(=O)N1CCC[C@@H]1CN(CCc1ccc(OC)cc1)C(=O)CCCCCCCCC(=O)N(CCc1ccc(OC)cc1)C[C@@H]1CCCN1C(=O)[C@@H](NC(=O)[C@H](C)NC)C(C)(C)C)C(C)(C)C. The third kappa shape index (κ3) is 18.9. The van der Waals surface area contributed by atoms with Gasteiger partial charge in [-0.25, -0.2) is 0 Å². The van der Waals surface area contributed by atoms with Gasteiger partial charge in [0.05, 0.1) is 26.3 Å². The summed E-state index contributed by atoms with van der Waals surface area (Å²) < 4.78 is 10.7. The maximum atomic E-state index is 14.3. The van der Waals surface area contributed by atoms with Gasteiger partial charge in [0.15, 0.2) is 0 Å². The van der Waals surface area contributed by atoms with Crippen molar-refractivity contribution in [3.05, 3.63) is 59.7 Å². The fraction of sp³-hybridized carbons (Fsp3) is 0.690. The van der Waals surface area contributed by atoms with Crippen LogP contribution in [0.15, 0.2) is 48.5 Å². The Morgan fingerprint density at radius 1 is 0.568 bits per heavy atom. The zero-order valence-corrected chi connectivity index (χ0v) is 47.3. The van der Waals surface area contributed by atoms with E-state index in [9.17, 15) is 28.8 Å².